The number of aromatic amines is 1. The van der Waals surface area contributed by atoms with Gasteiger partial charge in [-0.1, -0.05) is 91.8 Å². The van der Waals surface area contributed by atoms with E-state index >= 15 is 0 Å². The molecule has 1 aromatic heterocycles. The summed E-state index contributed by atoms with van der Waals surface area (Å²) in [5.41, 5.74) is 4.09. The van der Waals surface area contributed by atoms with Gasteiger partial charge in [-0.2, -0.15) is 8.78 Å². The summed E-state index contributed by atoms with van der Waals surface area (Å²) in [4.78, 5) is 145. The van der Waals surface area contributed by atoms with Crippen molar-refractivity contribution in [3.8, 4) is 11.8 Å². The van der Waals surface area contributed by atoms with Crippen LogP contribution in [0.3, 0.4) is 0 Å². The highest BCUT2D eigenvalue weighted by atomic mass is 31.2. The number of benzene rings is 4. The number of carbonyl (C=O) groups is 9. The Labute approximate surface area is 469 Å². The van der Waals surface area contributed by atoms with Crippen molar-refractivity contribution >= 4 is 77.4 Å². The van der Waals surface area contributed by atoms with E-state index in [2.05, 4.69) is 43.4 Å². The van der Waals surface area contributed by atoms with E-state index in [4.69, 9.17) is 5.73 Å². The summed E-state index contributed by atoms with van der Waals surface area (Å²) in [7, 11) is -5.95. The van der Waals surface area contributed by atoms with E-state index < -0.39 is 90.4 Å². The second-order valence-corrected chi connectivity index (χ2v) is 22.4. The number of fused-ring (bicyclic) bond motifs is 2. The molecule has 24 heteroatoms. The maximum atomic E-state index is 14.7. The fourth-order valence-corrected chi connectivity index (χ4v) is 11.4. The lowest BCUT2D eigenvalue weighted by Crippen LogP contribution is -2.57. The van der Waals surface area contributed by atoms with Crippen LogP contribution in [0.1, 0.15) is 131 Å². The second kappa shape index (κ2) is 24.6. The third-order valence-electron chi connectivity index (χ3n) is 15.2. The minimum Gasteiger partial charge on any atom is -0.370 e. The number of anilines is 1. The summed E-state index contributed by atoms with van der Waals surface area (Å²) in [5.74, 6) is 0.836. The molecule has 1 unspecified atom stereocenters. The molecule has 9 amide bonds. The Bertz CT molecular complexity index is 3500. The highest BCUT2D eigenvalue weighted by molar-refractivity contribution is 7.52. The summed E-state index contributed by atoms with van der Waals surface area (Å²) in [5, 5.41) is 13.2. The van der Waals surface area contributed by atoms with Crippen LogP contribution in [0, 0.1) is 11.8 Å². The molecule has 9 rings (SSSR count). The van der Waals surface area contributed by atoms with Crippen molar-refractivity contribution in [3.63, 3.8) is 0 Å². The molecule has 0 bridgehead atoms. The minimum absolute atomic E-state index is 0.00354. The van der Waals surface area contributed by atoms with E-state index in [9.17, 15) is 66.3 Å². The molecule has 0 radical (unpaired) electrons. The number of aromatic nitrogens is 1. The lowest BCUT2D eigenvalue weighted by molar-refractivity contribution is -0.137. The fraction of sp³-hybridized carbons (Fsp3) is 0.362. The molecule has 4 aliphatic rings. The molecule has 10 N–H and O–H groups in total. The number of para-hydroxylation sites is 1. The predicted octanol–water partition coefficient (Wildman–Crippen LogP) is 4.27. The van der Waals surface area contributed by atoms with Crippen LogP contribution in [0.25, 0.3) is 10.9 Å². The van der Waals surface area contributed by atoms with Crippen LogP contribution in [0.5, 0.6) is 0 Å². The number of hydrogen-bond acceptors (Lipinski definition) is 10. The zero-order valence-electron chi connectivity index (χ0n) is 44.3. The number of rotatable bonds is 21. The van der Waals surface area contributed by atoms with Gasteiger partial charge in [-0.05, 0) is 85.0 Å². The number of alkyl halides is 2. The van der Waals surface area contributed by atoms with Crippen molar-refractivity contribution in [2.75, 3.05) is 11.4 Å². The van der Waals surface area contributed by atoms with E-state index in [1.807, 2.05) is 6.07 Å². The topological polar surface area (TPSA) is 320 Å². The van der Waals surface area contributed by atoms with Crippen LogP contribution in [-0.4, -0.2) is 104 Å². The van der Waals surface area contributed by atoms with Gasteiger partial charge in [0.25, 0.3) is 11.8 Å². The molecule has 1 fully saturated rings. The Morgan fingerprint density at radius 3 is 2.35 bits per heavy atom. The lowest BCUT2D eigenvalue weighted by Gasteiger charge is -2.29. The van der Waals surface area contributed by atoms with Crippen molar-refractivity contribution in [2.45, 2.75) is 126 Å². The first kappa shape index (κ1) is 58.1. The number of nitrogens with two attached hydrogens (primary N) is 1. The lowest BCUT2D eigenvalue weighted by atomic mass is 10.0. The molecule has 5 atom stereocenters. The zero-order chi connectivity index (χ0) is 58.5. The molecule has 0 saturated carbocycles. The molecule has 0 spiro atoms. The van der Waals surface area contributed by atoms with Gasteiger partial charge < -0.3 is 46.7 Å². The van der Waals surface area contributed by atoms with Gasteiger partial charge in [-0.15, -0.1) is 0 Å². The molecule has 1 saturated heterocycles. The Morgan fingerprint density at radius 2 is 1.60 bits per heavy atom. The maximum absolute atomic E-state index is 14.7. The first-order valence-electron chi connectivity index (χ1n) is 27.0. The minimum atomic E-state index is -5.95. The number of piperidine rings is 1. The summed E-state index contributed by atoms with van der Waals surface area (Å²) >= 11 is 0. The Balaban J connectivity index is 0.799. The van der Waals surface area contributed by atoms with Gasteiger partial charge in [0, 0.05) is 72.6 Å². The van der Waals surface area contributed by atoms with Crippen LogP contribution in [0.4, 0.5) is 14.5 Å². The van der Waals surface area contributed by atoms with Gasteiger partial charge >= 0.3 is 13.3 Å². The van der Waals surface area contributed by atoms with Gasteiger partial charge in [0.2, 0.25) is 41.4 Å². The highest BCUT2D eigenvalue weighted by Crippen LogP contribution is 2.59. The second-order valence-electron chi connectivity index (χ2n) is 20.7. The summed E-state index contributed by atoms with van der Waals surface area (Å²) in [6, 6.07) is 15.9. The van der Waals surface area contributed by atoms with Gasteiger partial charge in [0.05, 0.1) is 11.3 Å². The first-order valence-corrected chi connectivity index (χ1v) is 28.6. The van der Waals surface area contributed by atoms with Gasteiger partial charge in [0.1, 0.15) is 30.2 Å². The number of amides is 9. The molecule has 5 heterocycles. The zero-order valence-corrected chi connectivity index (χ0v) is 45.2. The molecule has 0 aliphatic carbocycles. The summed E-state index contributed by atoms with van der Waals surface area (Å²) in [6.07, 6.45) is 5.89. The number of carbonyl (C=O) groups excluding carboxylic acids is 9. The average molecular weight is 1140 g/mol. The van der Waals surface area contributed by atoms with Crippen molar-refractivity contribution < 1.29 is 66.3 Å². The molecule has 4 aliphatic heterocycles. The summed E-state index contributed by atoms with van der Waals surface area (Å²) in [6.45, 7) is 0.517. The predicted molar refractivity (Wildman–Crippen MR) is 293 cm³/mol. The smallest absolute Gasteiger partial charge is 0.370 e. The average Bonchev–Trinajstić information content (AvgIpc) is 3.26. The van der Waals surface area contributed by atoms with Gasteiger partial charge in [-0.25, -0.2) is 0 Å². The third kappa shape index (κ3) is 12.5. The Hall–Kier alpha value is -8.58. The maximum Gasteiger partial charge on any atom is 0.399 e. The molecular weight excluding hydrogens is 1080 g/mol. The number of hydrogen-bond donors (Lipinski definition) is 9. The number of nitrogens with one attached hydrogen (secondary N) is 6. The van der Waals surface area contributed by atoms with Crippen LogP contribution >= 0.6 is 7.60 Å². The number of aryl methyl sites for hydroxylation is 1. The molecule has 5 aromatic rings. The Morgan fingerprint density at radius 1 is 0.854 bits per heavy atom. The van der Waals surface area contributed by atoms with Crippen LogP contribution in [0.2, 0.25) is 0 Å². The van der Waals surface area contributed by atoms with E-state index in [-0.39, 0.29) is 86.3 Å². The fourth-order valence-electron chi connectivity index (χ4n) is 10.9. The van der Waals surface area contributed by atoms with E-state index in [0.29, 0.717) is 46.3 Å². The van der Waals surface area contributed by atoms with Crippen LogP contribution in [-0.2, 0) is 63.2 Å². The number of unbranched alkanes of at least 4 members (excludes halogenated alkanes) is 5. The van der Waals surface area contributed by atoms with Gasteiger partial charge in [0.15, 0.2) is 0 Å². The number of halogens is 2. The van der Waals surface area contributed by atoms with Crippen molar-refractivity contribution in [1.29, 1.82) is 0 Å². The van der Waals surface area contributed by atoms with Crippen LogP contribution in [0.15, 0.2) is 91.1 Å². The number of imide groups is 1. The van der Waals surface area contributed by atoms with Crippen molar-refractivity contribution in [3.05, 3.63) is 136 Å². The van der Waals surface area contributed by atoms with Crippen LogP contribution < -0.4 is 37.2 Å². The van der Waals surface area contributed by atoms with Crippen molar-refractivity contribution in [1.82, 2.24) is 36.5 Å². The molecule has 4 aromatic carbocycles. The van der Waals surface area contributed by atoms with E-state index in [0.717, 1.165) is 49.4 Å². The van der Waals surface area contributed by atoms with E-state index in [1.54, 1.807) is 60.7 Å². The normalized spacial score (nSPS) is 18.3. The number of H-pyrrole nitrogens is 1. The molecule has 82 heavy (non-hydrogen) atoms. The third-order valence-corrected chi connectivity index (χ3v) is 16.2. The number of nitrogens with zero attached hydrogens (tertiary/aromatic N) is 2. The molecular formula is C58H60F2N9O12P. The standard InChI is InChI=1S/C58H60F2N9O12P/c59-58(60,82(79,80)81)37-21-23-42-39(30-37)40(31-63-42)51(72)65-44-22-20-35-17-11-18-36-29-46(69(50(35)36)57(44)78)54(75)64-43(24-26-47(61)70)52(73)67-49(34-14-8-6-9-15-34)55(76)62-28-10-5-3-1-2-4-7-13-33-16-12-19-38-41(33)32-68(56(38)77)45-25-27-48(71)66-53(45)74/h6,8-9,11-12,14-19,21,23,30-31,43-46,49,63H,1-5,10,20,22,24-29,32H2,(H2,61,70)(H,62,76)(H,64,75)(H,65,72)(H,67,73)(H,66,71,74)(H2,79,80,81)/t43-,44-,45?,46-,49-/m0/s1. The summed E-state index contributed by atoms with van der Waals surface area (Å²) < 4.78 is 41.1. The largest absolute Gasteiger partial charge is 0.399 e. The van der Waals surface area contributed by atoms with E-state index in [1.165, 1.54) is 16.0 Å². The van der Waals surface area contributed by atoms with Crippen molar-refractivity contribution in [2.24, 2.45) is 5.73 Å². The number of primary amides is 1. The SMILES string of the molecule is NC(=O)CC[C@H](NC(=O)[C@@H]1Cc2cccc3c2N1C(=O)[C@@H](NC(=O)c1c[nH]c2ccc(C(F)(F)P(=O)(O)O)cc12)CC3)C(=O)N[C@H](C(=O)NCCCCCCCC#Cc1cccc2c1CN(C1CCC(=O)NC1=O)C2=O)c1ccccc1. The highest BCUT2D eigenvalue weighted by Gasteiger charge is 2.51. The molecule has 21 nitrogen and oxygen atoms in total. The monoisotopic (exact) mass is 1140 g/mol. The molecule has 428 valence electrons. The van der Waals surface area contributed by atoms with Gasteiger partial charge in [-0.3, -0.25) is 57.9 Å². The quantitative estimate of drug-likeness (QED) is 0.0215. The Kier molecular flexibility index (Phi) is 17.5. The first-order chi connectivity index (χ1) is 39.2.